The fourth-order valence-electron chi connectivity index (χ4n) is 2.84. The summed E-state index contributed by atoms with van der Waals surface area (Å²) in [5.41, 5.74) is 1.09. The lowest BCUT2D eigenvalue weighted by molar-refractivity contribution is 0.209. The van der Waals surface area contributed by atoms with Crippen LogP contribution in [0.15, 0.2) is 35.8 Å². The molecule has 2 aromatic rings. The first kappa shape index (κ1) is 11.4. The van der Waals surface area contributed by atoms with E-state index in [0.717, 1.165) is 23.8 Å². The first-order valence-electron chi connectivity index (χ1n) is 6.78. The van der Waals surface area contributed by atoms with Crippen LogP contribution >= 0.6 is 11.3 Å². The second-order valence-corrected chi connectivity index (χ2v) is 6.15. The van der Waals surface area contributed by atoms with Gasteiger partial charge in [-0.25, -0.2) is 4.98 Å². The normalized spacial score (nSPS) is 25.7. The molecule has 0 bridgehead atoms. The van der Waals surface area contributed by atoms with E-state index < -0.39 is 0 Å². The van der Waals surface area contributed by atoms with Gasteiger partial charge in [0, 0.05) is 29.6 Å². The summed E-state index contributed by atoms with van der Waals surface area (Å²) < 4.78 is 5.82. The smallest absolute Gasteiger partial charge is 0.124 e. The van der Waals surface area contributed by atoms with Gasteiger partial charge in [-0.05, 0) is 18.9 Å². The largest absolute Gasteiger partial charge is 0.493 e. The van der Waals surface area contributed by atoms with Gasteiger partial charge in [-0.2, -0.15) is 0 Å². The van der Waals surface area contributed by atoms with Gasteiger partial charge in [0.15, 0.2) is 0 Å². The Hall–Kier alpha value is -1.39. The van der Waals surface area contributed by atoms with E-state index in [0.29, 0.717) is 6.04 Å². The van der Waals surface area contributed by atoms with Gasteiger partial charge >= 0.3 is 0 Å². The molecule has 2 aliphatic rings. The van der Waals surface area contributed by atoms with Gasteiger partial charge in [0.2, 0.25) is 0 Å². The highest BCUT2D eigenvalue weighted by molar-refractivity contribution is 7.09. The van der Waals surface area contributed by atoms with Crippen LogP contribution in [0.1, 0.15) is 29.8 Å². The third-order valence-corrected chi connectivity index (χ3v) is 4.84. The second kappa shape index (κ2) is 4.32. The molecule has 0 spiro atoms. The predicted molar refractivity (Wildman–Crippen MR) is 75.6 cm³/mol. The van der Waals surface area contributed by atoms with E-state index >= 15 is 0 Å². The third-order valence-electron chi connectivity index (χ3n) is 3.91. The van der Waals surface area contributed by atoms with E-state index in [2.05, 4.69) is 33.9 Å². The van der Waals surface area contributed by atoms with Crippen molar-refractivity contribution >= 4 is 11.3 Å². The van der Waals surface area contributed by atoms with Gasteiger partial charge in [-0.1, -0.05) is 18.2 Å². The van der Waals surface area contributed by atoms with Crippen molar-refractivity contribution in [1.82, 2.24) is 10.3 Å². The fraction of sp³-hybridized carbons (Fsp3) is 0.400. The number of fused-ring (bicyclic) bond motifs is 1. The second-order valence-electron chi connectivity index (χ2n) is 5.26. The van der Waals surface area contributed by atoms with Crippen LogP contribution in [-0.4, -0.2) is 17.6 Å². The Morgan fingerprint density at radius 3 is 3.00 bits per heavy atom. The molecule has 1 saturated carbocycles. The number of hydrogen-bond donors (Lipinski definition) is 1. The summed E-state index contributed by atoms with van der Waals surface area (Å²) in [5.74, 6) is 0.997. The summed E-state index contributed by atoms with van der Waals surface area (Å²) in [7, 11) is 0. The quantitative estimate of drug-likeness (QED) is 0.933. The van der Waals surface area contributed by atoms with Crippen molar-refractivity contribution in [2.24, 2.45) is 0 Å². The molecule has 4 heteroatoms. The average molecular weight is 272 g/mol. The number of ether oxygens (including phenoxy) is 1. The Kier molecular flexibility index (Phi) is 2.60. The molecule has 4 rings (SSSR count). The molecule has 1 aliphatic carbocycles. The molecule has 0 radical (unpaired) electrons. The van der Waals surface area contributed by atoms with Crippen molar-refractivity contribution < 1.29 is 4.74 Å². The molecular weight excluding hydrogens is 256 g/mol. The van der Waals surface area contributed by atoms with E-state index in [9.17, 15) is 0 Å². The number of thiazole rings is 1. The van der Waals surface area contributed by atoms with E-state index in [1.165, 1.54) is 18.4 Å². The van der Waals surface area contributed by atoms with E-state index in [4.69, 9.17) is 4.74 Å². The summed E-state index contributed by atoms with van der Waals surface area (Å²) >= 11 is 1.73. The monoisotopic (exact) mass is 272 g/mol. The van der Waals surface area contributed by atoms with Crippen molar-refractivity contribution in [2.45, 2.75) is 30.8 Å². The first-order valence-corrected chi connectivity index (χ1v) is 7.66. The zero-order chi connectivity index (χ0) is 12.7. The van der Waals surface area contributed by atoms with Crippen LogP contribution in [0.3, 0.4) is 0 Å². The number of aromatic nitrogens is 1. The van der Waals surface area contributed by atoms with Gasteiger partial charge in [0.25, 0.3) is 0 Å². The molecule has 1 aromatic carbocycles. The molecule has 0 amide bonds. The Balaban J connectivity index is 1.87. The number of hydrogen-bond acceptors (Lipinski definition) is 4. The molecule has 1 N–H and O–H groups in total. The minimum atomic E-state index is -0.149. The topological polar surface area (TPSA) is 34.1 Å². The highest BCUT2D eigenvalue weighted by Crippen LogP contribution is 2.44. The van der Waals surface area contributed by atoms with Gasteiger partial charge in [0.05, 0.1) is 6.61 Å². The first-order chi connectivity index (χ1) is 9.38. The zero-order valence-corrected chi connectivity index (χ0v) is 11.5. The van der Waals surface area contributed by atoms with E-state index in [1.54, 1.807) is 11.3 Å². The number of nitrogens with zero attached hydrogens (tertiary/aromatic N) is 1. The zero-order valence-electron chi connectivity index (χ0n) is 10.6. The van der Waals surface area contributed by atoms with Crippen molar-refractivity contribution in [3.8, 4) is 5.75 Å². The minimum absolute atomic E-state index is 0.149. The lowest BCUT2D eigenvalue weighted by Crippen LogP contribution is -2.48. The SMILES string of the molecule is c1ccc2c(c1)OCCC2(NC1CC1)c1nccs1. The third kappa shape index (κ3) is 1.86. The summed E-state index contributed by atoms with van der Waals surface area (Å²) in [6, 6.07) is 8.99. The van der Waals surface area contributed by atoms with Crippen molar-refractivity contribution in [3.05, 3.63) is 46.4 Å². The lowest BCUT2D eigenvalue weighted by Gasteiger charge is -2.38. The molecule has 1 fully saturated rings. The Labute approximate surface area is 116 Å². The van der Waals surface area contributed by atoms with Crippen LogP contribution in [0.5, 0.6) is 5.75 Å². The van der Waals surface area contributed by atoms with E-state index in [-0.39, 0.29) is 5.54 Å². The van der Waals surface area contributed by atoms with Gasteiger partial charge in [-0.3, -0.25) is 5.32 Å². The Morgan fingerprint density at radius 1 is 1.32 bits per heavy atom. The van der Waals surface area contributed by atoms with Gasteiger partial charge in [0.1, 0.15) is 16.3 Å². The Bertz CT molecular complexity index is 580. The average Bonchev–Trinajstić information content (AvgIpc) is 3.08. The molecule has 1 aliphatic heterocycles. The number of nitrogens with one attached hydrogen (secondary N) is 1. The molecule has 1 aromatic heterocycles. The molecular formula is C15H16N2OS. The van der Waals surface area contributed by atoms with Gasteiger partial charge < -0.3 is 4.74 Å². The fourth-order valence-corrected chi connectivity index (χ4v) is 3.68. The maximum absolute atomic E-state index is 5.82. The number of rotatable bonds is 3. The summed E-state index contributed by atoms with van der Waals surface area (Å²) in [4.78, 5) is 4.59. The van der Waals surface area contributed by atoms with Crippen LogP contribution < -0.4 is 10.1 Å². The van der Waals surface area contributed by atoms with Crippen molar-refractivity contribution in [1.29, 1.82) is 0 Å². The van der Waals surface area contributed by atoms with Crippen LogP contribution in [-0.2, 0) is 5.54 Å². The van der Waals surface area contributed by atoms with Gasteiger partial charge in [-0.15, -0.1) is 11.3 Å². The van der Waals surface area contributed by atoms with Crippen LogP contribution in [0, 0.1) is 0 Å². The summed E-state index contributed by atoms with van der Waals surface area (Å²) in [6.45, 7) is 0.746. The molecule has 19 heavy (non-hydrogen) atoms. The Morgan fingerprint density at radius 2 is 2.21 bits per heavy atom. The number of para-hydroxylation sites is 1. The maximum atomic E-state index is 5.82. The maximum Gasteiger partial charge on any atom is 0.124 e. The summed E-state index contributed by atoms with van der Waals surface area (Å²) in [6.07, 6.45) is 5.40. The minimum Gasteiger partial charge on any atom is -0.493 e. The van der Waals surface area contributed by atoms with Crippen LogP contribution in [0.4, 0.5) is 0 Å². The molecule has 1 unspecified atom stereocenters. The van der Waals surface area contributed by atoms with Crippen molar-refractivity contribution in [3.63, 3.8) is 0 Å². The lowest BCUT2D eigenvalue weighted by atomic mass is 9.84. The molecule has 98 valence electrons. The molecule has 2 heterocycles. The van der Waals surface area contributed by atoms with Crippen molar-refractivity contribution in [2.75, 3.05) is 6.61 Å². The van der Waals surface area contributed by atoms with Crippen LogP contribution in [0.25, 0.3) is 0 Å². The van der Waals surface area contributed by atoms with E-state index in [1.807, 2.05) is 12.3 Å². The summed E-state index contributed by atoms with van der Waals surface area (Å²) in [5, 5.41) is 7.05. The highest BCUT2D eigenvalue weighted by atomic mass is 32.1. The highest BCUT2D eigenvalue weighted by Gasteiger charge is 2.44. The molecule has 0 saturated heterocycles. The predicted octanol–water partition coefficient (Wildman–Crippen LogP) is 2.92. The standard InChI is InChI=1S/C15H16N2OS/c1-2-4-13-12(3-1)15(7-9-18-13,17-11-5-6-11)14-16-8-10-19-14/h1-4,8,10-11,17H,5-7,9H2. The van der Waals surface area contributed by atoms with Crippen LogP contribution in [0.2, 0.25) is 0 Å². The molecule has 1 atom stereocenters. The molecule has 3 nitrogen and oxygen atoms in total. The number of benzene rings is 1.